The summed E-state index contributed by atoms with van der Waals surface area (Å²) in [5, 5.41) is 8.77. The summed E-state index contributed by atoms with van der Waals surface area (Å²) in [5.41, 5.74) is 2.88. The van der Waals surface area contributed by atoms with Gasteiger partial charge in [-0.05, 0) is 20.4 Å². The van der Waals surface area contributed by atoms with Crippen LogP contribution in [-0.2, 0) is 11.3 Å². The van der Waals surface area contributed by atoms with E-state index in [1.165, 1.54) is 4.88 Å². The van der Waals surface area contributed by atoms with Gasteiger partial charge in [-0.2, -0.15) is 0 Å². The van der Waals surface area contributed by atoms with Crippen LogP contribution in [0.2, 0.25) is 0 Å². The Labute approximate surface area is 99.9 Å². The van der Waals surface area contributed by atoms with Gasteiger partial charge in [0, 0.05) is 17.5 Å². The molecule has 90 valence electrons. The average molecular weight is 242 g/mol. The fraction of sp³-hybridized carbons (Fsp3) is 0.636. The molecule has 0 saturated heterocycles. The highest BCUT2D eigenvalue weighted by Crippen LogP contribution is 2.17. The second kappa shape index (κ2) is 5.96. The van der Waals surface area contributed by atoms with Gasteiger partial charge in [0.05, 0.1) is 17.6 Å². The molecule has 1 rings (SSSR count). The van der Waals surface area contributed by atoms with Gasteiger partial charge < -0.3 is 5.11 Å². The maximum atomic E-state index is 10.7. The monoisotopic (exact) mass is 242 g/mol. The molecule has 0 spiro atoms. The van der Waals surface area contributed by atoms with Gasteiger partial charge in [0.2, 0.25) is 0 Å². The molecule has 0 amide bonds. The van der Waals surface area contributed by atoms with Gasteiger partial charge in [-0.3, -0.25) is 9.69 Å². The predicted molar refractivity (Wildman–Crippen MR) is 64.6 cm³/mol. The molecule has 4 nitrogen and oxygen atoms in total. The first kappa shape index (κ1) is 13.1. The number of aromatic nitrogens is 1. The van der Waals surface area contributed by atoms with Crippen LogP contribution in [0.3, 0.4) is 0 Å². The van der Waals surface area contributed by atoms with Crippen molar-refractivity contribution in [2.24, 2.45) is 0 Å². The molecule has 0 radical (unpaired) electrons. The summed E-state index contributed by atoms with van der Waals surface area (Å²) in [6.45, 7) is 7.64. The van der Waals surface area contributed by atoms with E-state index in [4.69, 9.17) is 5.11 Å². The Kier molecular flexibility index (Phi) is 4.89. The molecule has 0 aromatic carbocycles. The number of hydrogen-bond acceptors (Lipinski definition) is 4. The molecule has 1 heterocycles. The number of carboxylic acids is 1. The number of hydrogen-bond donors (Lipinski definition) is 1. The molecule has 1 aromatic heterocycles. The van der Waals surface area contributed by atoms with Crippen molar-refractivity contribution >= 4 is 17.3 Å². The quantitative estimate of drug-likeness (QED) is 0.830. The van der Waals surface area contributed by atoms with E-state index in [2.05, 4.69) is 16.8 Å². The van der Waals surface area contributed by atoms with Crippen molar-refractivity contribution in [3.05, 3.63) is 16.1 Å². The zero-order valence-corrected chi connectivity index (χ0v) is 10.8. The third-order valence-electron chi connectivity index (χ3n) is 2.69. The van der Waals surface area contributed by atoms with Crippen molar-refractivity contribution in [1.29, 1.82) is 0 Å². The van der Waals surface area contributed by atoms with E-state index in [1.807, 2.05) is 19.4 Å². The summed E-state index contributed by atoms with van der Waals surface area (Å²) < 4.78 is 0. The van der Waals surface area contributed by atoms with Gasteiger partial charge in [0.15, 0.2) is 0 Å². The molecule has 1 unspecified atom stereocenters. The highest BCUT2D eigenvalue weighted by molar-refractivity contribution is 7.09. The van der Waals surface area contributed by atoms with Crippen LogP contribution in [0.5, 0.6) is 0 Å². The van der Waals surface area contributed by atoms with Gasteiger partial charge in [-0.1, -0.05) is 6.92 Å². The zero-order chi connectivity index (χ0) is 12.1. The van der Waals surface area contributed by atoms with E-state index in [-0.39, 0.29) is 12.5 Å². The smallest absolute Gasteiger partial charge is 0.304 e. The fourth-order valence-corrected chi connectivity index (χ4v) is 2.43. The molecule has 0 bridgehead atoms. The van der Waals surface area contributed by atoms with Crippen molar-refractivity contribution in [2.75, 3.05) is 6.54 Å². The maximum absolute atomic E-state index is 10.7. The minimum Gasteiger partial charge on any atom is -0.481 e. The number of carboxylic acid groups (broad SMARTS) is 1. The Morgan fingerprint density at radius 1 is 1.69 bits per heavy atom. The Morgan fingerprint density at radius 2 is 2.38 bits per heavy atom. The van der Waals surface area contributed by atoms with Gasteiger partial charge in [0.25, 0.3) is 0 Å². The number of aryl methyl sites for hydroxylation is 1. The Morgan fingerprint density at radius 3 is 2.81 bits per heavy atom. The molecule has 1 aromatic rings. The minimum atomic E-state index is -0.744. The van der Waals surface area contributed by atoms with E-state index < -0.39 is 5.97 Å². The van der Waals surface area contributed by atoms with Crippen LogP contribution in [0.25, 0.3) is 0 Å². The lowest BCUT2D eigenvalue weighted by Crippen LogP contribution is -2.34. The van der Waals surface area contributed by atoms with E-state index in [0.29, 0.717) is 0 Å². The van der Waals surface area contributed by atoms with Crippen LogP contribution in [0, 0.1) is 6.92 Å². The first-order valence-electron chi connectivity index (χ1n) is 5.39. The molecular weight excluding hydrogens is 224 g/mol. The maximum Gasteiger partial charge on any atom is 0.304 e. The number of carbonyl (C=O) groups is 1. The number of rotatable bonds is 6. The van der Waals surface area contributed by atoms with Crippen LogP contribution in [-0.4, -0.2) is 33.5 Å². The molecule has 5 heteroatoms. The number of thiazole rings is 1. The lowest BCUT2D eigenvalue weighted by atomic mass is 10.2. The number of aliphatic carboxylic acids is 1. The third kappa shape index (κ3) is 3.57. The highest BCUT2D eigenvalue weighted by atomic mass is 32.1. The summed E-state index contributed by atoms with van der Waals surface area (Å²) in [5.74, 6) is -0.744. The van der Waals surface area contributed by atoms with Crippen molar-refractivity contribution in [3.8, 4) is 0 Å². The number of nitrogens with zero attached hydrogens (tertiary/aromatic N) is 2. The van der Waals surface area contributed by atoms with Gasteiger partial charge >= 0.3 is 5.97 Å². The summed E-state index contributed by atoms with van der Waals surface area (Å²) in [4.78, 5) is 18.2. The Bertz CT molecular complexity index is 352. The van der Waals surface area contributed by atoms with E-state index in [0.717, 1.165) is 18.8 Å². The summed E-state index contributed by atoms with van der Waals surface area (Å²) in [7, 11) is 0. The summed E-state index contributed by atoms with van der Waals surface area (Å²) in [6.07, 6.45) is 0.186. The van der Waals surface area contributed by atoms with Crippen LogP contribution in [0.4, 0.5) is 0 Å². The summed E-state index contributed by atoms with van der Waals surface area (Å²) >= 11 is 1.63. The predicted octanol–water partition coefficient (Wildman–Crippen LogP) is 2.14. The topological polar surface area (TPSA) is 53.4 Å². The van der Waals surface area contributed by atoms with Crippen LogP contribution >= 0.6 is 11.3 Å². The van der Waals surface area contributed by atoms with Crippen LogP contribution in [0.1, 0.15) is 30.8 Å². The molecule has 0 fully saturated rings. The first-order chi connectivity index (χ1) is 7.54. The second-order valence-corrected chi connectivity index (χ2v) is 4.81. The fourth-order valence-electron chi connectivity index (χ4n) is 1.62. The lowest BCUT2D eigenvalue weighted by Gasteiger charge is -2.26. The Hall–Kier alpha value is -0.940. The standard InChI is InChI=1S/C11H18N2O2S/c1-4-13(8(2)5-11(14)15)6-10-9(3)12-7-16-10/h7-8H,4-6H2,1-3H3,(H,14,15). The first-order valence-corrected chi connectivity index (χ1v) is 6.27. The van der Waals surface area contributed by atoms with Crippen molar-refractivity contribution in [1.82, 2.24) is 9.88 Å². The molecule has 0 aliphatic heterocycles. The lowest BCUT2D eigenvalue weighted by molar-refractivity contribution is -0.138. The summed E-state index contributed by atoms with van der Waals surface area (Å²) in [6, 6.07) is 0.0593. The average Bonchev–Trinajstić information content (AvgIpc) is 2.59. The Balaban J connectivity index is 2.61. The van der Waals surface area contributed by atoms with Gasteiger partial charge in [-0.25, -0.2) is 4.98 Å². The second-order valence-electron chi connectivity index (χ2n) is 3.87. The SMILES string of the molecule is CCN(Cc1scnc1C)C(C)CC(=O)O. The molecule has 16 heavy (non-hydrogen) atoms. The highest BCUT2D eigenvalue weighted by Gasteiger charge is 2.17. The molecule has 1 atom stereocenters. The largest absolute Gasteiger partial charge is 0.481 e. The van der Waals surface area contributed by atoms with Crippen molar-refractivity contribution in [3.63, 3.8) is 0 Å². The van der Waals surface area contributed by atoms with E-state index in [9.17, 15) is 4.79 Å². The zero-order valence-electron chi connectivity index (χ0n) is 9.93. The van der Waals surface area contributed by atoms with E-state index in [1.54, 1.807) is 11.3 Å². The van der Waals surface area contributed by atoms with Gasteiger partial charge in [0.1, 0.15) is 0 Å². The molecule has 1 N–H and O–H groups in total. The molecular formula is C11H18N2O2S. The molecule has 0 saturated carbocycles. The third-order valence-corrected chi connectivity index (χ3v) is 3.61. The van der Waals surface area contributed by atoms with Crippen LogP contribution in [0.15, 0.2) is 5.51 Å². The molecule has 0 aliphatic carbocycles. The van der Waals surface area contributed by atoms with Crippen LogP contribution < -0.4 is 0 Å². The minimum absolute atomic E-state index is 0.0593. The normalized spacial score (nSPS) is 13.0. The van der Waals surface area contributed by atoms with Gasteiger partial charge in [-0.15, -0.1) is 11.3 Å². The van der Waals surface area contributed by atoms with E-state index >= 15 is 0 Å². The molecule has 0 aliphatic rings. The van der Waals surface area contributed by atoms with Crippen molar-refractivity contribution < 1.29 is 9.90 Å². The van der Waals surface area contributed by atoms with Crippen molar-refractivity contribution in [2.45, 2.75) is 39.8 Å².